The molecule has 0 radical (unpaired) electrons. The van der Waals surface area contributed by atoms with Crippen LogP contribution in [0.3, 0.4) is 0 Å². The summed E-state index contributed by atoms with van der Waals surface area (Å²) in [7, 11) is 0. The molecular weight excluding hydrogens is 384 g/mol. The van der Waals surface area contributed by atoms with Gasteiger partial charge in [0, 0.05) is 19.5 Å². The first-order valence-electron chi connectivity index (χ1n) is 7.77. The van der Waals surface area contributed by atoms with Crippen LogP contribution in [0.5, 0.6) is 5.75 Å². The summed E-state index contributed by atoms with van der Waals surface area (Å²) in [5.41, 5.74) is -2.49. The van der Waals surface area contributed by atoms with E-state index in [0.717, 1.165) is 17.0 Å². The van der Waals surface area contributed by atoms with E-state index >= 15 is 0 Å². The molecule has 1 atom stereocenters. The average Bonchev–Trinajstić information content (AvgIpc) is 2.99. The molecule has 0 aromatic heterocycles. The van der Waals surface area contributed by atoms with Gasteiger partial charge in [-0.2, -0.15) is 13.2 Å². The molecule has 2 rings (SSSR count). The first kappa shape index (κ1) is 20.8. The molecule has 1 aromatic carbocycles. The van der Waals surface area contributed by atoms with E-state index in [2.05, 4.69) is 4.74 Å². The molecule has 5 nitrogen and oxygen atoms in total. The molecule has 1 fully saturated rings. The van der Waals surface area contributed by atoms with Crippen LogP contribution in [0.1, 0.15) is 18.4 Å². The number of ether oxygens (including phenoxy) is 1. The summed E-state index contributed by atoms with van der Waals surface area (Å²) in [6.45, 7) is -1.29. The van der Waals surface area contributed by atoms with Gasteiger partial charge < -0.3 is 14.7 Å². The smallest absolute Gasteiger partial charge is 0.481 e. The fourth-order valence-electron chi connectivity index (χ4n) is 2.82. The van der Waals surface area contributed by atoms with Gasteiger partial charge in [0.1, 0.15) is 5.75 Å². The molecule has 1 saturated heterocycles. The van der Waals surface area contributed by atoms with E-state index in [-0.39, 0.29) is 19.4 Å². The highest BCUT2D eigenvalue weighted by atomic mass is 19.4. The number of carbonyl (C=O) groups excluding carboxylic acids is 1. The molecule has 0 bridgehead atoms. The van der Waals surface area contributed by atoms with Gasteiger partial charge in [-0.15, -0.1) is 13.2 Å². The fourth-order valence-corrected chi connectivity index (χ4v) is 2.82. The maximum absolute atomic E-state index is 13.1. The Kier molecular flexibility index (Phi) is 5.62. The van der Waals surface area contributed by atoms with Crippen molar-refractivity contribution in [3.05, 3.63) is 29.8 Å². The van der Waals surface area contributed by atoms with Gasteiger partial charge in [-0.25, -0.2) is 0 Å². The number of alkyl halides is 6. The SMILES string of the molecule is O=C(CCc1ccc(OC(F)(F)F)cc1)N1CCC(C(=O)O)(C(F)(F)F)C1. The number of aryl methyl sites for hydroxylation is 1. The third-order valence-electron chi connectivity index (χ3n) is 4.36. The van der Waals surface area contributed by atoms with E-state index < -0.39 is 48.5 Å². The molecule has 1 heterocycles. The minimum absolute atomic E-state index is 0.0771. The van der Waals surface area contributed by atoms with Crippen molar-refractivity contribution in [2.45, 2.75) is 31.8 Å². The number of halogens is 6. The Bertz CT molecular complexity index is 700. The lowest BCUT2D eigenvalue weighted by molar-refractivity contribution is -0.274. The summed E-state index contributed by atoms with van der Waals surface area (Å²) in [4.78, 5) is 24.1. The molecule has 11 heteroatoms. The minimum atomic E-state index is -4.98. The summed E-state index contributed by atoms with van der Waals surface area (Å²) < 4.78 is 79.2. The van der Waals surface area contributed by atoms with Gasteiger partial charge in [-0.3, -0.25) is 9.59 Å². The Labute approximate surface area is 149 Å². The highest BCUT2D eigenvalue weighted by Crippen LogP contribution is 2.45. The molecule has 0 aliphatic carbocycles. The lowest BCUT2D eigenvalue weighted by Gasteiger charge is -2.27. The zero-order valence-electron chi connectivity index (χ0n) is 13.7. The number of rotatable bonds is 5. The molecule has 1 unspecified atom stereocenters. The van der Waals surface area contributed by atoms with E-state index in [0.29, 0.717) is 5.56 Å². The third-order valence-corrected chi connectivity index (χ3v) is 4.36. The van der Waals surface area contributed by atoms with Gasteiger partial charge in [0.15, 0.2) is 5.41 Å². The number of carboxylic acids is 1. The summed E-state index contributed by atoms with van der Waals surface area (Å²) in [5.74, 6) is -3.11. The van der Waals surface area contributed by atoms with Gasteiger partial charge in [0.25, 0.3) is 0 Å². The minimum Gasteiger partial charge on any atom is -0.481 e. The van der Waals surface area contributed by atoms with Crippen molar-refractivity contribution in [1.82, 2.24) is 4.90 Å². The van der Waals surface area contributed by atoms with Crippen LogP contribution in [0, 0.1) is 5.41 Å². The second-order valence-corrected chi connectivity index (χ2v) is 6.14. The number of hydrogen-bond acceptors (Lipinski definition) is 3. The molecule has 0 spiro atoms. The number of likely N-dealkylation sites (tertiary alicyclic amines) is 1. The number of amides is 1. The number of aliphatic carboxylic acids is 1. The van der Waals surface area contributed by atoms with Crippen LogP contribution in [0.25, 0.3) is 0 Å². The molecule has 150 valence electrons. The van der Waals surface area contributed by atoms with Crippen molar-refractivity contribution in [3.63, 3.8) is 0 Å². The lowest BCUT2D eigenvalue weighted by atomic mass is 9.86. The van der Waals surface area contributed by atoms with E-state index in [1.54, 1.807) is 0 Å². The monoisotopic (exact) mass is 399 g/mol. The molecule has 1 aliphatic rings. The van der Waals surface area contributed by atoms with Gasteiger partial charge >= 0.3 is 18.5 Å². The topological polar surface area (TPSA) is 66.8 Å². The Morgan fingerprint density at radius 2 is 1.70 bits per heavy atom. The van der Waals surface area contributed by atoms with Crippen LogP contribution in [0.4, 0.5) is 26.3 Å². The summed E-state index contributed by atoms with van der Waals surface area (Å²) in [6, 6.07) is 4.72. The lowest BCUT2D eigenvalue weighted by Crippen LogP contribution is -2.47. The molecular formula is C16H15F6NO4. The zero-order valence-corrected chi connectivity index (χ0v) is 13.7. The van der Waals surface area contributed by atoms with Crippen molar-refractivity contribution in [2.75, 3.05) is 13.1 Å². The van der Waals surface area contributed by atoms with Crippen LogP contribution in [0.15, 0.2) is 24.3 Å². The molecule has 1 N–H and O–H groups in total. The maximum Gasteiger partial charge on any atom is 0.573 e. The number of benzene rings is 1. The Balaban J connectivity index is 1.94. The Hall–Kier alpha value is -2.46. The molecule has 0 saturated carbocycles. The number of carbonyl (C=O) groups is 2. The Morgan fingerprint density at radius 1 is 1.11 bits per heavy atom. The maximum atomic E-state index is 13.1. The van der Waals surface area contributed by atoms with E-state index in [1.165, 1.54) is 12.1 Å². The van der Waals surface area contributed by atoms with Crippen LogP contribution in [0.2, 0.25) is 0 Å². The first-order chi connectivity index (χ1) is 12.3. The van der Waals surface area contributed by atoms with Crippen LogP contribution < -0.4 is 4.74 Å². The highest BCUT2D eigenvalue weighted by Gasteiger charge is 2.64. The standard InChI is InChI=1S/C16H15F6NO4/c17-15(18,19)14(13(25)26)7-8-23(9-14)12(24)6-3-10-1-4-11(5-2-10)27-16(20,21)22/h1-2,4-5H,3,6-9H2,(H,25,26). The van der Waals surface area contributed by atoms with Crippen molar-refractivity contribution < 1.29 is 45.8 Å². The van der Waals surface area contributed by atoms with E-state index in [9.17, 15) is 35.9 Å². The van der Waals surface area contributed by atoms with E-state index in [4.69, 9.17) is 5.11 Å². The third kappa shape index (κ3) is 4.83. The van der Waals surface area contributed by atoms with Gasteiger partial charge in [0.05, 0.1) is 0 Å². The quantitative estimate of drug-likeness (QED) is 0.771. The normalized spacial score (nSPS) is 20.6. The molecule has 1 aromatic rings. The van der Waals surface area contributed by atoms with Crippen LogP contribution in [-0.4, -0.2) is 47.5 Å². The second kappa shape index (κ2) is 7.28. The molecule has 27 heavy (non-hydrogen) atoms. The first-order valence-corrected chi connectivity index (χ1v) is 7.77. The Morgan fingerprint density at radius 3 is 2.15 bits per heavy atom. The zero-order chi connectivity index (χ0) is 20.5. The average molecular weight is 399 g/mol. The number of carboxylic acid groups (broad SMARTS) is 1. The highest BCUT2D eigenvalue weighted by molar-refractivity contribution is 5.81. The fraction of sp³-hybridized carbons (Fsp3) is 0.500. The predicted octanol–water partition coefficient (Wildman–Crippen LogP) is 3.38. The second-order valence-electron chi connectivity index (χ2n) is 6.14. The van der Waals surface area contributed by atoms with E-state index in [1.807, 2.05) is 0 Å². The summed E-state index contributed by atoms with van der Waals surface area (Å²) in [6.07, 6.45) is -10.7. The van der Waals surface area contributed by atoms with Crippen LogP contribution in [-0.2, 0) is 16.0 Å². The van der Waals surface area contributed by atoms with Gasteiger partial charge in [0.2, 0.25) is 5.91 Å². The number of hydrogen-bond donors (Lipinski definition) is 1. The largest absolute Gasteiger partial charge is 0.573 e. The van der Waals surface area contributed by atoms with Gasteiger partial charge in [-0.1, -0.05) is 12.1 Å². The van der Waals surface area contributed by atoms with Crippen molar-refractivity contribution in [1.29, 1.82) is 0 Å². The predicted molar refractivity (Wildman–Crippen MR) is 78.8 cm³/mol. The molecule has 1 aliphatic heterocycles. The van der Waals surface area contributed by atoms with Crippen LogP contribution >= 0.6 is 0 Å². The van der Waals surface area contributed by atoms with Gasteiger partial charge in [-0.05, 0) is 30.5 Å². The van der Waals surface area contributed by atoms with Crippen molar-refractivity contribution >= 4 is 11.9 Å². The molecule has 1 amide bonds. The summed E-state index contributed by atoms with van der Waals surface area (Å²) in [5, 5.41) is 8.96. The number of nitrogens with zero attached hydrogens (tertiary/aromatic N) is 1. The van der Waals surface area contributed by atoms with Crippen molar-refractivity contribution in [3.8, 4) is 5.75 Å². The summed E-state index contributed by atoms with van der Waals surface area (Å²) >= 11 is 0. The van der Waals surface area contributed by atoms with Crippen molar-refractivity contribution in [2.24, 2.45) is 5.41 Å².